The fourth-order valence-electron chi connectivity index (χ4n) is 6.21. The van der Waals surface area contributed by atoms with Gasteiger partial charge < -0.3 is 14.2 Å². The molecule has 0 fully saturated rings. The summed E-state index contributed by atoms with van der Waals surface area (Å²) in [6, 6.07) is 20.4. The van der Waals surface area contributed by atoms with Crippen LogP contribution in [0.3, 0.4) is 0 Å². The van der Waals surface area contributed by atoms with E-state index in [0.29, 0.717) is 29.1 Å². The molecule has 3 aromatic carbocycles. The van der Waals surface area contributed by atoms with Crippen LogP contribution in [0.25, 0.3) is 28.1 Å². The van der Waals surface area contributed by atoms with Gasteiger partial charge in [0.05, 0.1) is 43.0 Å². The number of imidazole rings is 1. The molecule has 0 aliphatic rings. The fourth-order valence-corrected chi connectivity index (χ4v) is 6.21. The molecule has 0 saturated carbocycles. The van der Waals surface area contributed by atoms with Gasteiger partial charge in [-0.3, -0.25) is 4.57 Å². The lowest BCUT2D eigenvalue weighted by molar-refractivity contribution is 0.0592. The van der Waals surface area contributed by atoms with Crippen molar-refractivity contribution < 1.29 is 23.8 Å². The smallest absolute Gasteiger partial charge is 0.337 e. The van der Waals surface area contributed by atoms with Gasteiger partial charge in [0.15, 0.2) is 0 Å². The first-order chi connectivity index (χ1) is 23.5. The largest absolute Gasteiger partial charge is 0.494 e. The van der Waals surface area contributed by atoms with Gasteiger partial charge in [0.25, 0.3) is 0 Å². The van der Waals surface area contributed by atoms with Crippen LogP contribution < -0.4 is 4.74 Å². The summed E-state index contributed by atoms with van der Waals surface area (Å²) in [6.07, 6.45) is 21.6. The molecule has 0 aliphatic carbocycles. The molecule has 4 aromatic rings. The van der Waals surface area contributed by atoms with Gasteiger partial charge in [-0.1, -0.05) is 109 Å². The van der Waals surface area contributed by atoms with Crippen molar-refractivity contribution in [1.82, 2.24) is 9.55 Å². The molecule has 0 atom stereocenters. The number of hydrogen-bond donors (Lipinski definition) is 0. The third-order valence-corrected chi connectivity index (χ3v) is 8.98. The van der Waals surface area contributed by atoms with E-state index in [1.54, 1.807) is 24.3 Å². The summed E-state index contributed by atoms with van der Waals surface area (Å²) >= 11 is 0. The Balaban J connectivity index is 1.25. The van der Waals surface area contributed by atoms with Crippen LogP contribution in [-0.2, 0) is 9.47 Å². The van der Waals surface area contributed by atoms with Gasteiger partial charge in [-0.25, -0.2) is 14.6 Å². The summed E-state index contributed by atoms with van der Waals surface area (Å²) in [5.41, 5.74) is 3.92. The van der Waals surface area contributed by atoms with Crippen LogP contribution in [0.15, 0.2) is 66.7 Å². The molecule has 7 nitrogen and oxygen atoms in total. The second-order valence-electron chi connectivity index (χ2n) is 12.7. The first kappa shape index (κ1) is 36.7. The zero-order valence-electron chi connectivity index (χ0n) is 29.3. The van der Waals surface area contributed by atoms with E-state index in [1.165, 1.54) is 111 Å². The van der Waals surface area contributed by atoms with E-state index in [4.69, 9.17) is 19.2 Å². The Morgan fingerprint density at radius 2 is 1.17 bits per heavy atom. The Kier molecular flexibility index (Phi) is 15.5. The first-order valence-electron chi connectivity index (χ1n) is 18.1. The van der Waals surface area contributed by atoms with Crippen molar-refractivity contribution in [2.24, 2.45) is 0 Å². The highest BCUT2D eigenvalue weighted by Crippen LogP contribution is 2.31. The van der Waals surface area contributed by atoms with E-state index >= 15 is 0 Å². The minimum absolute atomic E-state index is 0.415. The molecule has 0 spiro atoms. The highest BCUT2D eigenvalue weighted by Gasteiger charge is 2.18. The minimum Gasteiger partial charge on any atom is -0.494 e. The zero-order valence-corrected chi connectivity index (χ0v) is 29.3. The summed E-state index contributed by atoms with van der Waals surface area (Å²) < 4.78 is 17.9. The molecule has 0 bridgehead atoms. The van der Waals surface area contributed by atoms with Crippen LogP contribution in [0.2, 0.25) is 0 Å². The first-order valence-corrected chi connectivity index (χ1v) is 18.1. The summed E-state index contributed by atoms with van der Waals surface area (Å²) in [4.78, 5) is 29.4. The van der Waals surface area contributed by atoms with Gasteiger partial charge in [0, 0.05) is 11.3 Å². The summed E-state index contributed by atoms with van der Waals surface area (Å²) in [5, 5.41) is 0. The van der Waals surface area contributed by atoms with Crippen molar-refractivity contribution in [3.8, 4) is 22.8 Å². The number of unbranched alkanes of at least 4 members (excludes halogenated alkanes) is 15. The third-order valence-electron chi connectivity index (χ3n) is 8.98. The zero-order chi connectivity index (χ0) is 34.0. The normalized spacial score (nSPS) is 11.1. The maximum atomic E-state index is 12.3. The molecular formula is C41H54N2O5. The molecule has 1 heterocycles. The van der Waals surface area contributed by atoms with Gasteiger partial charge in [-0.05, 0) is 67.1 Å². The number of hydrogen-bond acceptors (Lipinski definition) is 6. The third kappa shape index (κ3) is 11.0. The molecular weight excluding hydrogens is 600 g/mol. The van der Waals surface area contributed by atoms with Crippen molar-refractivity contribution in [1.29, 1.82) is 0 Å². The molecule has 0 radical (unpaired) electrons. The van der Waals surface area contributed by atoms with Gasteiger partial charge in [-0.15, -0.1) is 0 Å². The Morgan fingerprint density at radius 1 is 0.625 bits per heavy atom. The molecule has 0 aliphatic heterocycles. The van der Waals surface area contributed by atoms with Crippen molar-refractivity contribution in [2.45, 2.75) is 110 Å². The summed E-state index contributed by atoms with van der Waals surface area (Å²) in [5.74, 6) is 0.662. The maximum absolute atomic E-state index is 12.3. The fraction of sp³-hybridized carbons (Fsp3) is 0.488. The predicted octanol–water partition coefficient (Wildman–Crippen LogP) is 10.9. The quantitative estimate of drug-likeness (QED) is 0.0620. The van der Waals surface area contributed by atoms with Crippen molar-refractivity contribution in [2.75, 3.05) is 20.8 Å². The lowest BCUT2D eigenvalue weighted by Gasteiger charge is -2.12. The van der Waals surface area contributed by atoms with Gasteiger partial charge >= 0.3 is 11.9 Å². The number of rotatable bonds is 22. The van der Waals surface area contributed by atoms with E-state index in [-0.39, 0.29) is 0 Å². The Bertz CT molecular complexity index is 1560. The molecule has 0 saturated heterocycles. The topological polar surface area (TPSA) is 79.7 Å². The molecule has 0 amide bonds. The van der Waals surface area contributed by atoms with Crippen LogP contribution in [0.1, 0.15) is 130 Å². The molecule has 0 N–H and O–H groups in total. The van der Waals surface area contributed by atoms with Crippen molar-refractivity contribution in [3.63, 3.8) is 0 Å². The molecule has 48 heavy (non-hydrogen) atoms. The van der Waals surface area contributed by atoms with Crippen molar-refractivity contribution in [3.05, 3.63) is 77.9 Å². The Morgan fingerprint density at radius 3 is 1.73 bits per heavy atom. The average molecular weight is 655 g/mol. The summed E-state index contributed by atoms with van der Waals surface area (Å²) in [7, 11) is 2.73. The van der Waals surface area contributed by atoms with E-state index in [2.05, 4.69) is 6.92 Å². The Hall–Kier alpha value is -4.13. The molecule has 258 valence electrons. The van der Waals surface area contributed by atoms with Crippen LogP contribution in [0, 0.1) is 0 Å². The standard InChI is InChI=1S/C41H54N2O5/c1-4-5-6-7-8-9-10-11-12-13-14-15-16-17-18-19-29-48-36-26-23-32(24-27-36)39-42-37-31-34(41(45)47-3)25-28-38(37)43(39)35-22-20-21-33(30-35)40(44)46-2/h20-28,30-31H,4-19,29H2,1-3H3. The van der Waals surface area contributed by atoms with Crippen LogP contribution >= 0.6 is 0 Å². The van der Waals surface area contributed by atoms with Crippen LogP contribution in [0.5, 0.6) is 5.75 Å². The number of benzene rings is 3. The van der Waals surface area contributed by atoms with E-state index < -0.39 is 11.9 Å². The lowest BCUT2D eigenvalue weighted by atomic mass is 10.0. The number of carbonyl (C=O) groups excluding carboxylic acids is 2. The van der Waals surface area contributed by atoms with Gasteiger partial charge in [-0.2, -0.15) is 0 Å². The molecule has 7 heteroatoms. The average Bonchev–Trinajstić information content (AvgIpc) is 3.51. The number of carbonyl (C=O) groups is 2. The highest BCUT2D eigenvalue weighted by molar-refractivity contribution is 5.95. The minimum atomic E-state index is -0.425. The number of methoxy groups -OCH3 is 2. The van der Waals surface area contributed by atoms with E-state index in [9.17, 15) is 9.59 Å². The van der Waals surface area contributed by atoms with Gasteiger partial charge in [0.1, 0.15) is 11.6 Å². The molecule has 0 unspecified atom stereocenters. The SMILES string of the molecule is CCCCCCCCCCCCCCCCCCOc1ccc(-c2nc3cc(C(=O)OC)ccc3n2-c2cccc(C(=O)OC)c2)cc1. The monoisotopic (exact) mass is 654 g/mol. The number of ether oxygens (including phenoxy) is 3. The number of fused-ring (bicyclic) bond motifs is 1. The summed E-state index contributed by atoms with van der Waals surface area (Å²) in [6.45, 7) is 2.98. The second-order valence-corrected chi connectivity index (χ2v) is 12.7. The van der Waals surface area contributed by atoms with Crippen LogP contribution in [-0.4, -0.2) is 42.3 Å². The molecule has 1 aromatic heterocycles. The Labute approximate surface area is 287 Å². The lowest BCUT2D eigenvalue weighted by Crippen LogP contribution is -2.04. The van der Waals surface area contributed by atoms with E-state index in [1.807, 2.05) is 47.0 Å². The predicted molar refractivity (Wildman–Crippen MR) is 194 cm³/mol. The number of aromatic nitrogens is 2. The number of nitrogens with zero attached hydrogens (tertiary/aromatic N) is 2. The molecule has 4 rings (SSSR count). The van der Waals surface area contributed by atoms with E-state index in [0.717, 1.165) is 28.9 Å². The van der Waals surface area contributed by atoms with Gasteiger partial charge in [0.2, 0.25) is 0 Å². The number of esters is 2. The van der Waals surface area contributed by atoms with Crippen molar-refractivity contribution >= 4 is 23.0 Å². The highest BCUT2D eigenvalue weighted by atomic mass is 16.5. The maximum Gasteiger partial charge on any atom is 0.337 e. The second kappa shape index (κ2) is 20.3. The van der Waals surface area contributed by atoms with Crippen LogP contribution in [0.4, 0.5) is 0 Å².